The van der Waals surface area contributed by atoms with Gasteiger partial charge in [0, 0.05) is 36.3 Å². The first-order valence-electron chi connectivity index (χ1n) is 13.3. The number of sulfonamides is 1. The molecule has 2 heterocycles. The number of ether oxygens (including phenoxy) is 2. The molecule has 13 heteroatoms. The van der Waals surface area contributed by atoms with Crippen LogP contribution in [0.1, 0.15) is 23.2 Å². The number of aromatic amines is 1. The number of nitro groups is 1. The van der Waals surface area contributed by atoms with Gasteiger partial charge in [0.05, 0.1) is 15.4 Å². The molecule has 1 amide bonds. The molecule has 0 bridgehead atoms. The van der Waals surface area contributed by atoms with Crippen molar-refractivity contribution in [2.45, 2.75) is 24.0 Å². The van der Waals surface area contributed by atoms with Crippen LogP contribution in [0.15, 0.2) is 77.8 Å². The monoisotopic (exact) mass is 593 g/mol. The number of hydrogen-bond donors (Lipinski definition) is 3. The van der Waals surface area contributed by atoms with Crippen molar-refractivity contribution in [3.05, 3.63) is 88.6 Å². The number of para-hydroxylation sites is 1. The van der Waals surface area contributed by atoms with Crippen LogP contribution in [0.2, 0.25) is 0 Å². The van der Waals surface area contributed by atoms with Crippen LogP contribution in [0.5, 0.6) is 11.5 Å². The zero-order chi connectivity index (χ0) is 29.9. The number of rotatable bonds is 10. The van der Waals surface area contributed by atoms with E-state index in [0.29, 0.717) is 18.9 Å². The first kappa shape index (κ1) is 29.0. The Morgan fingerprint density at radius 2 is 1.95 bits per heavy atom. The van der Waals surface area contributed by atoms with E-state index in [1.54, 1.807) is 36.5 Å². The average molecular weight is 594 g/mol. The zero-order valence-corrected chi connectivity index (χ0v) is 23.9. The van der Waals surface area contributed by atoms with Gasteiger partial charge >= 0.3 is 0 Å². The van der Waals surface area contributed by atoms with Crippen molar-refractivity contribution in [3.63, 3.8) is 0 Å². The summed E-state index contributed by atoms with van der Waals surface area (Å²) in [5.41, 5.74) is 0.675. The molecular weight excluding hydrogens is 562 g/mol. The molecule has 1 aromatic heterocycles. The number of anilines is 1. The minimum absolute atomic E-state index is 0.0180. The molecule has 2 unspecified atom stereocenters. The Bertz CT molecular complexity index is 1720. The van der Waals surface area contributed by atoms with Crippen LogP contribution < -0.4 is 14.8 Å². The van der Waals surface area contributed by atoms with Crippen molar-refractivity contribution in [1.29, 1.82) is 0 Å². The molecule has 1 aliphatic heterocycles. The number of fused-ring (bicyclic) bond motifs is 1. The molecule has 1 aliphatic rings. The van der Waals surface area contributed by atoms with E-state index in [1.165, 1.54) is 18.2 Å². The lowest BCUT2D eigenvalue weighted by Gasteiger charge is -2.33. The number of aromatic nitrogens is 1. The van der Waals surface area contributed by atoms with Crippen LogP contribution in [0.3, 0.4) is 0 Å². The van der Waals surface area contributed by atoms with Crippen molar-refractivity contribution in [3.8, 4) is 11.5 Å². The van der Waals surface area contributed by atoms with Crippen molar-refractivity contribution in [2.75, 3.05) is 32.6 Å². The topological polar surface area (TPSA) is 156 Å². The highest BCUT2D eigenvalue weighted by Crippen LogP contribution is 2.31. The van der Waals surface area contributed by atoms with Gasteiger partial charge in [-0.2, -0.15) is 0 Å². The van der Waals surface area contributed by atoms with Gasteiger partial charge in [-0.1, -0.05) is 12.1 Å². The number of carbonyl (C=O) groups excluding carboxylic acids is 1. The van der Waals surface area contributed by atoms with Crippen molar-refractivity contribution < 1.29 is 27.6 Å². The molecule has 1 saturated heterocycles. The summed E-state index contributed by atoms with van der Waals surface area (Å²) in [4.78, 5) is 29.0. The van der Waals surface area contributed by atoms with Gasteiger partial charge in [0.1, 0.15) is 23.4 Å². The van der Waals surface area contributed by atoms with Gasteiger partial charge in [0.2, 0.25) is 0 Å². The maximum absolute atomic E-state index is 13.2. The molecule has 42 heavy (non-hydrogen) atoms. The van der Waals surface area contributed by atoms with Gasteiger partial charge < -0.3 is 19.8 Å². The van der Waals surface area contributed by atoms with Crippen LogP contribution in [-0.4, -0.2) is 62.6 Å². The summed E-state index contributed by atoms with van der Waals surface area (Å²) in [5, 5.41) is 15.9. The van der Waals surface area contributed by atoms with Gasteiger partial charge in [-0.05, 0) is 81.4 Å². The Morgan fingerprint density at radius 3 is 2.74 bits per heavy atom. The second-order valence-corrected chi connectivity index (χ2v) is 11.9. The predicted molar refractivity (Wildman–Crippen MR) is 157 cm³/mol. The lowest BCUT2D eigenvalue weighted by atomic mass is 9.98. The molecule has 4 aromatic rings. The molecule has 12 nitrogen and oxygen atoms in total. The van der Waals surface area contributed by atoms with E-state index in [-0.39, 0.29) is 29.1 Å². The lowest BCUT2D eigenvalue weighted by molar-refractivity contribution is -0.384. The van der Waals surface area contributed by atoms with Crippen LogP contribution in [-0.2, 0) is 14.8 Å². The second kappa shape index (κ2) is 12.2. The van der Waals surface area contributed by atoms with Crippen LogP contribution in [0, 0.1) is 16.0 Å². The summed E-state index contributed by atoms with van der Waals surface area (Å²) in [6, 6.07) is 16.9. The SMILES string of the molecule is CN(C)C1CC(CNc2ccc(S(=O)(=O)NC(=O)c3ccccc3Oc3ccc4[nH]ccc4c3)cc2[N+](=O)[O-])CCO1. The molecule has 2 atom stereocenters. The molecule has 3 N–H and O–H groups in total. The number of benzene rings is 3. The third kappa shape index (κ3) is 6.54. The highest BCUT2D eigenvalue weighted by atomic mass is 32.2. The second-order valence-electron chi connectivity index (χ2n) is 10.3. The van der Waals surface area contributed by atoms with Crippen LogP contribution in [0.25, 0.3) is 10.9 Å². The van der Waals surface area contributed by atoms with E-state index in [4.69, 9.17) is 9.47 Å². The van der Waals surface area contributed by atoms with E-state index < -0.39 is 31.4 Å². The highest BCUT2D eigenvalue weighted by molar-refractivity contribution is 7.90. The van der Waals surface area contributed by atoms with Gasteiger partial charge in [0.25, 0.3) is 21.6 Å². The number of amides is 1. The Kier molecular flexibility index (Phi) is 8.43. The third-order valence-electron chi connectivity index (χ3n) is 7.12. The Balaban J connectivity index is 1.31. The number of nitro benzene ring substituents is 1. The largest absolute Gasteiger partial charge is 0.457 e. The standard InChI is InChI=1S/C29H31N5O7S/c1-33(2)28-15-19(12-14-40-28)18-31-25-10-8-22(17-26(25)34(36)37)42(38,39)32-29(35)23-5-3-4-6-27(23)41-21-7-9-24-20(16-21)11-13-30-24/h3-11,13,16-17,19,28,30-31H,12,14-15,18H2,1-2H3,(H,32,35). The quantitative estimate of drug-likeness (QED) is 0.175. The van der Waals surface area contributed by atoms with Crippen LogP contribution in [0.4, 0.5) is 11.4 Å². The highest BCUT2D eigenvalue weighted by Gasteiger charge is 2.27. The van der Waals surface area contributed by atoms with E-state index in [2.05, 4.69) is 10.3 Å². The fourth-order valence-electron chi connectivity index (χ4n) is 4.82. The summed E-state index contributed by atoms with van der Waals surface area (Å²) >= 11 is 0. The normalized spacial score (nSPS) is 17.2. The molecule has 5 rings (SSSR count). The number of nitrogens with one attached hydrogen (secondary N) is 3. The maximum Gasteiger partial charge on any atom is 0.293 e. The Labute approximate surface area is 242 Å². The average Bonchev–Trinajstić information content (AvgIpc) is 3.44. The maximum atomic E-state index is 13.2. The number of nitrogens with zero attached hydrogens (tertiary/aromatic N) is 2. The van der Waals surface area contributed by atoms with E-state index in [0.717, 1.165) is 29.8 Å². The first-order chi connectivity index (χ1) is 20.1. The molecule has 1 fully saturated rings. The minimum Gasteiger partial charge on any atom is -0.457 e. The van der Waals surface area contributed by atoms with E-state index in [9.17, 15) is 23.3 Å². The third-order valence-corrected chi connectivity index (χ3v) is 8.44. The van der Waals surface area contributed by atoms with Gasteiger partial charge in [-0.25, -0.2) is 13.1 Å². The number of carbonyl (C=O) groups is 1. The van der Waals surface area contributed by atoms with Crippen molar-refractivity contribution >= 4 is 38.2 Å². The summed E-state index contributed by atoms with van der Waals surface area (Å²) < 4.78 is 40.0. The first-order valence-corrected chi connectivity index (χ1v) is 14.8. The summed E-state index contributed by atoms with van der Waals surface area (Å²) in [7, 11) is -0.598. The Morgan fingerprint density at radius 1 is 1.14 bits per heavy atom. The summed E-state index contributed by atoms with van der Waals surface area (Å²) in [6.45, 7) is 1.05. The molecule has 0 saturated carbocycles. The Hall–Kier alpha value is -4.46. The molecule has 220 valence electrons. The van der Waals surface area contributed by atoms with E-state index in [1.807, 2.05) is 35.9 Å². The van der Waals surface area contributed by atoms with E-state index >= 15 is 0 Å². The minimum atomic E-state index is -4.46. The number of hydrogen-bond acceptors (Lipinski definition) is 9. The molecule has 3 aromatic carbocycles. The summed E-state index contributed by atoms with van der Waals surface area (Å²) in [5.74, 6) is -0.106. The zero-order valence-electron chi connectivity index (χ0n) is 23.1. The fraction of sp³-hybridized carbons (Fsp3) is 0.276. The molecule has 0 spiro atoms. The van der Waals surface area contributed by atoms with Gasteiger partial charge in [0.15, 0.2) is 0 Å². The van der Waals surface area contributed by atoms with Crippen molar-refractivity contribution in [1.82, 2.24) is 14.6 Å². The molecule has 0 radical (unpaired) electrons. The summed E-state index contributed by atoms with van der Waals surface area (Å²) in [6.07, 6.45) is 3.32. The molecular formula is C29H31N5O7S. The van der Waals surface area contributed by atoms with Crippen molar-refractivity contribution in [2.24, 2.45) is 5.92 Å². The van der Waals surface area contributed by atoms with Crippen LogP contribution >= 0.6 is 0 Å². The fourth-order valence-corrected chi connectivity index (χ4v) is 5.81. The predicted octanol–water partition coefficient (Wildman–Crippen LogP) is 4.71. The van der Waals surface area contributed by atoms with Gasteiger partial charge in [-0.3, -0.25) is 19.8 Å². The lowest BCUT2D eigenvalue weighted by Crippen LogP contribution is -2.38. The smallest absolute Gasteiger partial charge is 0.293 e. The van der Waals surface area contributed by atoms with Gasteiger partial charge in [-0.15, -0.1) is 0 Å². The number of H-pyrrole nitrogens is 1. The molecule has 0 aliphatic carbocycles.